The molecule has 86 valence electrons. The molecule has 2 heterocycles. The molecule has 2 aromatic heterocycles. The van der Waals surface area contributed by atoms with E-state index in [0.29, 0.717) is 0 Å². The number of hydrogen-bond donors (Lipinski definition) is 2. The van der Waals surface area contributed by atoms with Gasteiger partial charge in [0, 0.05) is 12.5 Å². The number of aromatic nitrogens is 2. The molecule has 0 radical (unpaired) electrons. The van der Waals surface area contributed by atoms with Crippen LogP contribution < -0.4 is 5.73 Å². The quantitative estimate of drug-likeness (QED) is 0.828. The van der Waals surface area contributed by atoms with Gasteiger partial charge in [-0.1, -0.05) is 0 Å². The summed E-state index contributed by atoms with van der Waals surface area (Å²) in [5.41, 5.74) is 6.63. The van der Waals surface area contributed by atoms with E-state index in [9.17, 15) is 0 Å². The summed E-state index contributed by atoms with van der Waals surface area (Å²) in [7, 11) is 0. The maximum absolute atomic E-state index is 5.70. The smallest absolute Gasteiger partial charge is 0.152 e. The van der Waals surface area contributed by atoms with E-state index in [2.05, 4.69) is 9.97 Å². The summed E-state index contributed by atoms with van der Waals surface area (Å²) in [5.74, 6) is 2.69. The number of nitrogens with two attached hydrogens (primary N) is 1. The third kappa shape index (κ3) is 2.52. The van der Waals surface area contributed by atoms with Crippen LogP contribution in [0.1, 0.15) is 24.9 Å². The van der Waals surface area contributed by atoms with Gasteiger partial charge in [0.1, 0.15) is 17.3 Å². The van der Waals surface area contributed by atoms with Crippen LogP contribution in [0.25, 0.3) is 11.5 Å². The Hall–Kier alpha value is -1.55. The zero-order valence-electron chi connectivity index (χ0n) is 9.66. The summed E-state index contributed by atoms with van der Waals surface area (Å²) < 4.78 is 5.51. The van der Waals surface area contributed by atoms with Crippen LogP contribution in [0.3, 0.4) is 0 Å². The van der Waals surface area contributed by atoms with Crippen molar-refractivity contribution in [3.05, 3.63) is 29.9 Å². The Bertz CT molecular complexity index is 456. The van der Waals surface area contributed by atoms with Gasteiger partial charge in [-0.3, -0.25) is 0 Å². The lowest BCUT2D eigenvalue weighted by Crippen LogP contribution is -2.15. The monoisotopic (exact) mass is 219 g/mol. The van der Waals surface area contributed by atoms with Gasteiger partial charge in [-0.2, -0.15) is 0 Å². The van der Waals surface area contributed by atoms with E-state index in [1.807, 2.05) is 26.0 Å². The first-order valence-corrected chi connectivity index (χ1v) is 5.51. The van der Waals surface area contributed by atoms with E-state index in [0.717, 1.165) is 35.9 Å². The minimum Gasteiger partial charge on any atom is -0.460 e. The van der Waals surface area contributed by atoms with Crippen LogP contribution in [0, 0.1) is 6.92 Å². The number of hydrogen-bond acceptors (Lipinski definition) is 3. The Morgan fingerprint density at radius 1 is 1.50 bits per heavy atom. The van der Waals surface area contributed by atoms with Crippen LogP contribution in [-0.2, 0) is 6.42 Å². The van der Waals surface area contributed by atoms with Crippen LogP contribution in [-0.4, -0.2) is 16.0 Å². The van der Waals surface area contributed by atoms with Crippen molar-refractivity contribution >= 4 is 0 Å². The van der Waals surface area contributed by atoms with Gasteiger partial charge in [0.2, 0.25) is 0 Å². The Morgan fingerprint density at radius 3 is 2.94 bits per heavy atom. The number of rotatable bonds is 4. The first kappa shape index (κ1) is 11.0. The van der Waals surface area contributed by atoms with Gasteiger partial charge in [-0.15, -0.1) is 0 Å². The molecule has 1 atom stereocenters. The summed E-state index contributed by atoms with van der Waals surface area (Å²) in [6, 6.07) is 4.09. The maximum Gasteiger partial charge on any atom is 0.152 e. The van der Waals surface area contributed by atoms with Crippen LogP contribution in [0.4, 0.5) is 0 Å². The summed E-state index contributed by atoms with van der Waals surface area (Å²) >= 11 is 0. The fraction of sp³-hybridized carbons (Fsp3) is 0.417. The highest BCUT2D eigenvalue weighted by Crippen LogP contribution is 2.19. The van der Waals surface area contributed by atoms with Crippen LogP contribution in [0.2, 0.25) is 0 Å². The Labute approximate surface area is 94.9 Å². The number of imidazole rings is 1. The highest BCUT2D eigenvalue weighted by molar-refractivity contribution is 5.51. The average Bonchev–Trinajstić information content (AvgIpc) is 2.83. The maximum atomic E-state index is 5.70. The van der Waals surface area contributed by atoms with E-state index >= 15 is 0 Å². The Balaban J connectivity index is 2.07. The molecule has 4 heteroatoms. The van der Waals surface area contributed by atoms with Gasteiger partial charge in [-0.25, -0.2) is 4.98 Å². The molecule has 1 unspecified atom stereocenters. The molecule has 0 bridgehead atoms. The first-order valence-electron chi connectivity index (χ1n) is 5.51. The second-order valence-corrected chi connectivity index (χ2v) is 4.17. The van der Waals surface area contributed by atoms with E-state index in [-0.39, 0.29) is 6.04 Å². The third-order valence-corrected chi connectivity index (χ3v) is 2.47. The second-order valence-electron chi connectivity index (χ2n) is 4.17. The molecular weight excluding hydrogens is 202 g/mol. The number of aromatic amines is 1. The van der Waals surface area contributed by atoms with Crippen LogP contribution >= 0.6 is 0 Å². The number of nitrogens with zero attached hydrogens (tertiary/aromatic N) is 1. The molecule has 0 saturated heterocycles. The largest absolute Gasteiger partial charge is 0.460 e. The van der Waals surface area contributed by atoms with Crippen molar-refractivity contribution in [1.29, 1.82) is 0 Å². The molecule has 0 aliphatic heterocycles. The highest BCUT2D eigenvalue weighted by atomic mass is 16.3. The van der Waals surface area contributed by atoms with E-state index < -0.39 is 0 Å². The van der Waals surface area contributed by atoms with E-state index in [1.165, 1.54) is 0 Å². The molecule has 0 amide bonds. The zero-order chi connectivity index (χ0) is 11.5. The van der Waals surface area contributed by atoms with Crippen molar-refractivity contribution in [2.75, 3.05) is 0 Å². The van der Waals surface area contributed by atoms with E-state index in [1.54, 1.807) is 6.20 Å². The van der Waals surface area contributed by atoms with Crippen molar-refractivity contribution in [3.8, 4) is 11.5 Å². The predicted molar refractivity (Wildman–Crippen MR) is 63.0 cm³/mol. The highest BCUT2D eigenvalue weighted by Gasteiger charge is 2.07. The first-order chi connectivity index (χ1) is 7.65. The average molecular weight is 219 g/mol. The molecule has 2 aromatic rings. The number of H-pyrrole nitrogens is 1. The SMILES string of the molecule is Cc1ccc(-c2cnc(CCC(C)N)[nH]2)o1. The molecule has 0 spiro atoms. The standard InChI is InChI=1S/C12H17N3O/c1-8(13)3-6-12-14-7-10(15-12)11-5-4-9(2)16-11/h4-5,7-8H,3,6,13H2,1-2H3,(H,14,15). The molecule has 16 heavy (non-hydrogen) atoms. The van der Waals surface area contributed by atoms with Gasteiger partial charge in [-0.05, 0) is 32.4 Å². The van der Waals surface area contributed by atoms with Crippen LogP contribution in [0.5, 0.6) is 0 Å². The number of aryl methyl sites for hydroxylation is 2. The van der Waals surface area contributed by atoms with E-state index in [4.69, 9.17) is 10.2 Å². The number of nitrogens with one attached hydrogen (secondary N) is 1. The number of furan rings is 1. The van der Waals surface area contributed by atoms with Gasteiger partial charge in [0.05, 0.1) is 6.20 Å². The van der Waals surface area contributed by atoms with Crippen molar-refractivity contribution in [2.45, 2.75) is 32.7 Å². The molecule has 0 aliphatic carbocycles. The predicted octanol–water partition coefficient (Wildman–Crippen LogP) is 2.26. The summed E-state index contributed by atoms with van der Waals surface area (Å²) in [6.45, 7) is 3.93. The minimum absolute atomic E-state index is 0.208. The molecule has 0 aromatic carbocycles. The molecule has 0 aliphatic rings. The molecule has 2 rings (SSSR count). The Kier molecular flexibility index (Phi) is 3.10. The third-order valence-electron chi connectivity index (χ3n) is 2.47. The van der Waals surface area contributed by atoms with Gasteiger partial charge in [0.25, 0.3) is 0 Å². The molecule has 3 N–H and O–H groups in total. The fourth-order valence-electron chi connectivity index (χ4n) is 1.56. The second kappa shape index (κ2) is 4.53. The zero-order valence-corrected chi connectivity index (χ0v) is 9.66. The molecule has 4 nitrogen and oxygen atoms in total. The van der Waals surface area contributed by atoms with Crippen molar-refractivity contribution in [3.63, 3.8) is 0 Å². The lowest BCUT2D eigenvalue weighted by Gasteiger charge is -2.01. The molecule has 0 saturated carbocycles. The summed E-state index contributed by atoms with van der Waals surface area (Å²) in [4.78, 5) is 7.54. The minimum atomic E-state index is 0.208. The Morgan fingerprint density at radius 2 is 2.31 bits per heavy atom. The van der Waals surface area contributed by atoms with Crippen molar-refractivity contribution < 1.29 is 4.42 Å². The molecule has 0 fully saturated rings. The summed E-state index contributed by atoms with van der Waals surface area (Å²) in [6.07, 6.45) is 3.61. The normalized spacial score (nSPS) is 12.9. The topological polar surface area (TPSA) is 67.8 Å². The van der Waals surface area contributed by atoms with Crippen LogP contribution in [0.15, 0.2) is 22.7 Å². The van der Waals surface area contributed by atoms with Gasteiger partial charge >= 0.3 is 0 Å². The van der Waals surface area contributed by atoms with Gasteiger partial charge < -0.3 is 15.1 Å². The fourth-order valence-corrected chi connectivity index (χ4v) is 1.56. The van der Waals surface area contributed by atoms with Gasteiger partial charge in [0.15, 0.2) is 5.76 Å². The lowest BCUT2D eigenvalue weighted by atomic mass is 10.2. The van der Waals surface area contributed by atoms with Crippen molar-refractivity contribution in [2.24, 2.45) is 5.73 Å². The molecular formula is C12H17N3O. The van der Waals surface area contributed by atoms with Crippen molar-refractivity contribution in [1.82, 2.24) is 9.97 Å². The lowest BCUT2D eigenvalue weighted by molar-refractivity contribution is 0.546. The summed E-state index contributed by atoms with van der Waals surface area (Å²) in [5, 5.41) is 0.